The summed E-state index contributed by atoms with van der Waals surface area (Å²) in [5.74, 6) is 0.447. The van der Waals surface area contributed by atoms with Crippen molar-refractivity contribution in [1.29, 1.82) is 0 Å². The lowest BCUT2D eigenvalue weighted by Crippen LogP contribution is -2.29. The van der Waals surface area contributed by atoms with Gasteiger partial charge >= 0.3 is 17.6 Å². The average Bonchev–Trinajstić information content (AvgIpc) is 3.13. The van der Waals surface area contributed by atoms with Crippen molar-refractivity contribution in [2.24, 2.45) is 11.8 Å². The number of nitro groups is 1. The summed E-state index contributed by atoms with van der Waals surface area (Å²) in [6.07, 6.45) is 11.5. The highest BCUT2D eigenvalue weighted by Gasteiger charge is 2.29. The number of nitrogens with two attached hydrogens (primary N) is 1. The van der Waals surface area contributed by atoms with Crippen LogP contribution in [0.5, 0.6) is 0 Å². The molecule has 0 saturated heterocycles. The third kappa shape index (κ3) is 14.0. The molecule has 12 nitrogen and oxygen atoms in total. The molecule has 2 aromatic heterocycles. The van der Waals surface area contributed by atoms with E-state index in [1.165, 1.54) is 6.20 Å². The van der Waals surface area contributed by atoms with Gasteiger partial charge in [-0.2, -0.15) is 0 Å². The van der Waals surface area contributed by atoms with Gasteiger partial charge in [-0.15, -0.1) is 0 Å². The highest BCUT2D eigenvalue weighted by Crippen LogP contribution is 2.38. The lowest BCUT2D eigenvalue weighted by molar-refractivity contribution is -0.384. The summed E-state index contributed by atoms with van der Waals surface area (Å²) in [5, 5.41) is 20.3. The number of fused-ring (bicyclic) bond motifs is 2. The molecule has 0 unspecified atom stereocenters. The topological polar surface area (TPSA) is 172 Å². The van der Waals surface area contributed by atoms with Crippen LogP contribution >= 0.6 is 31.9 Å². The van der Waals surface area contributed by atoms with Crippen LogP contribution in [0, 0.1) is 22.0 Å². The summed E-state index contributed by atoms with van der Waals surface area (Å²) in [5.41, 5.74) is 9.07. The van der Waals surface area contributed by atoms with Gasteiger partial charge in [0.25, 0.3) is 0 Å². The monoisotopic (exact) mass is 931 g/mol. The summed E-state index contributed by atoms with van der Waals surface area (Å²) in [4.78, 5) is 43.9. The smallest absolute Gasteiger partial charge is 0.311 e. The molecule has 0 atom stereocenters. The second kappa shape index (κ2) is 20.7. The van der Waals surface area contributed by atoms with Gasteiger partial charge in [-0.05, 0) is 141 Å². The first kappa shape index (κ1) is 45.0. The number of carbonyl (C=O) groups is 2. The van der Waals surface area contributed by atoms with E-state index in [9.17, 15) is 24.1 Å². The highest BCUT2D eigenvalue weighted by molar-refractivity contribution is 9.10. The molecule has 0 amide bonds. The van der Waals surface area contributed by atoms with E-state index in [0.717, 1.165) is 82.3 Å². The minimum atomic E-state index is -1.00. The number of hydrogen-bond acceptors (Lipinski definition) is 11. The van der Waals surface area contributed by atoms with Gasteiger partial charge in [-0.25, -0.2) is 4.98 Å². The van der Waals surface area contributed by atoms with Crippen molar-refractivity contribution >= 4 is 88.4 Å². The van der Waals surface area contributed by atoms with E-state index in [-0.39, 0.29) is 23.7 Å². The predicted octanol–water partition coefficient (Wildman–Crippen LogP) is 11.5. The van der Waals surface area contributed by atoms with Crippen LogP contribution in [0.2, 0.25) is 0 Å². The molecule has 2 aliphatic carbocycles. The Kier molecular flexibility index (Phi) is 16.1. The van der Waals surface area contributed by atoms with Crippen molar-refractivity contribution in [1.82, 2.24) is 9.97 Å². The number of aromatic nitrogens is 2. The van der Waals surface area contributed by atoms with Gasteiger partial charge in [0.1, 0.15) is 23.1 Å². The van der Waals surface area contributed by atoms with E-state index < -0.39 is 23.3 Å². The number of esters is 2. The molecule has 2 aliphatic rings. The molecule has 0 aliphatic heterocycles. The fourth-order valence-electron chi connectivity index (χ4n) is 7.45. The number of alkyl halides is 1. The van der Waals surface area contributed by atoms with Crippen molar-refractivity contribution < 1.29 is 29.7 Å². The lowest BCUT2D eigenvalue weighted by atomic mass is 9.84. The number of carbonyl (C=O) groups excluding carboxylic acids is 2. The zero-order valence-electron chi connectivity index (χ0n) is 35.2. The summed E-state index contributed by atoms with van der Waals surface area (Å²) in [7, 11) is -1.00. The van der Waals surface area contributed by atoms with Crippen LogP contribution in [0.15, 0.2) is 57.7 Å². The summed E-state index contributed by atoms with van der Waals surface area (Å²) in [6.45, 7) is 11.3. The van der Waals surface area contributed by atoms with Gasteiger partial charge < -0.3 is 25.8 Å². The van der Waals surface area contributed by atoms with Crippen molar-refractivity contribution in [3.8, 4) is 0 Å². The van der Waals surface area contributed by atoms with E-state index in [4.69, 9.17) is 16.6 Å². The number of nitrogen functional groups attached to an aromatic ring is 1. The Morgan fingerprint density at radius 1 is 0.793 bits per heavy atom. The first-order valence-electron chi connectivity index (χ1n) is 20.3. The summed E-state index contributed by atoms with van der Waals surface area (Å²) in [6, 6.07) is 12.1. The van der Waals surface area contributed by atoms with E-state index in [0.29, 0.717) is 47.6 Å². The Labute approximate surface area is 358 Å². The Hall–Kier alpha value is -4.11. The van der Waals surface area contributed by atoms with Crippen molar-refractivity contribution in [3.05, 3.63) is 67.9 Å². The number of rotatable bonds is 9. The maximum Gasteiger partial charge on any atom is 0.311 e. The Balaban J connectivity index is 0.000000245. The number of nitrogens with zero attached hydrogens (tertiary/aromatic N) is 3. The van der Waals surface area contributed by atoms with Gasteiger partial charge in [0.15, 0.2) is 0 Å². The minimum absolute atomic E-state index is 0.0218. The zero-order chi connectivity index (χ0) is 43.5. The summed E-state index contributed by atoms with van der Waals surface area (Å²) < 4.78 is 28.2. The van der Waals surface area contributed by atoms with E-state index in [1.54, 1.807) is 6.20 Å². The van der Waals surface area contributed by atoms with Crippen molar-refractivity contribution in [2.45, 2.75) is 129 Å². The quantitative estimate of drug-likeness (QED) is 0.0828. The fourth-order valence-corrected chi connectivity index (χ4v) is 8.18. The van der Waals surface area contributed by atoms with Gasteiger partial charge in [0.2, 0.25) is 0 Å². The number of benzene rings is 2. The molecule has 0 radical (unpaired) electrons. The third-order valence-corrected chi connectivity index (χ3v) is 11.0. The van der Waals surface area contributed by atoms with Gasteiger partial charge in [-0.1, -0.05) is 31.9 Å². The molecule has 2 fully saturated rings. The molecular formula is C43H57Br2FN6O6. The van der Waals surface area contributed by atoms with Crippen LogP contribution in [0.4, 0.5) is 27.1 Å². The minimum Gasteiger partial charge on any atom is -0.460 e. The largest absolute Gasteiger partial charge is 0.460 e. The molecule has 2 saturated carbocycles. The molecule has 0 spiro atoms. The average molecular weight is 934 g/mol. The van der Waals surface area contributed by atoms with Crippen LogP contribution in [-0.4, -0.2) is 57.3 Å². The number of anilines is 3. The Morgan fingerprint density at radius 2 is 1.19 bits per heavy atom. The molecule has 2 aromatic carbocycles. The molecule has 6 rings (SSSR count). The van der Waals surface area contributed by atoms with Crippen molar-refractivity contribution in [2.75, 3.05) is 23.5 Å². The molecule has 4 aromatic rings. The van der Waals surface area contributed by atoms with Crippen LogP contribution < -0.4 is 16.4 Å². The molecular weight excluding hydrogens is 875 g/mol. The van der Waals surface area contributed by atoms with Gasteiger partial charge in [0, 0.05) is 44.6 Å². The molecule has 0 bridgehead atoms. The first-order valence-corrected chi connectivity index (χ1v) is 21.2. The first-order chi connectivity index (χ1) is 27.7. The Bertz CT molecular complexity index is 2060. The van der Waals surface area contributed by atoms with Crippen molar-refractivity contribution in [3.63, 3.8) is 0 Å². The number of hydrogen-bond donors (Lipinski definition) is 3. The second-order valence-electron chi connectivity index (χ2n) is 17.0. The van der Waals surface area contributed by atoms with Gasteiger partial charge in [-0.3, -0.25) is 29.1 Å². The standard InChI is InChI=1S/C21H26BrN3O4.C21H28BrN3O2.CH3F/c1-21(2,3)29-19(26)10-13-4-7-15(8-5-13)24-20-16-11-14(22)6-9-17(16)23-12-18(20)25(27)28;1-21(2,3)27-19(26)10-13-4-7-15(8-5-13)25-20-16-11-14(22)6-9-18(16)24-12-17(20)23;1-2/h6,9,11-13,15H,4-5,7-8,10H2,1-3H3,(H,23,24);6,9,11-13,15H,4-5,7-8,10,23H2,1-3H3,(H,24,25);1H3/i;;1D. The van der Waals surface area contributed by atoms with Crippen LogP contribution in [0.1, 0.15) is 107 Å². The van der Waals surface area contributed by atoms with Crippen LogP contribution in [-0.2, 0) is 19.1 Å². The Morgan fingerprint density at radius 3 is 1.60 bits per heavy atom. The number of pyridine rings is 2. The van der Waals surface area contributed by atoms with E-state index >= 15 is 0 Å². The normalized spacial score (nSPS) is 19.7. The maximum absolute atomic E-state index is 12.1. The second-order valence-corrected chi connectivity index (χ2v) is 18.8. The lowest BCUT2D eigenvalue weighted by Gasteiger charge is -2.30. The SMILES string of the molecule is CC(C)(C)OC(=O)CC1CCC(Nc2c(N)cnc3ccc(Br)cc23)CC1.CC(C)(C)OC(=O)CC1CCC(Nc2c([N+](=O)[O-])cnc3ccc(Br)cc23)CC1.[2H]CF. The van der Waals surface area contributed by atoms with E-state index in [2.05, 4.69) is 58.5 Å². The molecule has 4 N–H and O–H groups in total. The third-order valence-electron chi connectivity index (χ3n) is 10.0. The molecule has 15 heteroatoms. The number of ether oxygens (including phenoxy) is 2. The van der Waals surface area contributed by atoms with Crippen LogP contribution in [0.25, 0.3) is 21.8 Å². The van der Waals surface area contributed by atoms with E-state index in [1.807, 2.05) is 71.9 Å². The number of halogens is 3. The zero-order valence-corrected chi connectivity index (χ0v) is 37.4. The molecule has 58 heavy (non-hydrogen) atoms. The summed E-state index contributed by atoms with van der Waals surface area (Å²) >= 11 is 6.96. The maximum atomic E-state index is 12.1. The van der Waals surface area contributed by atoms with Gasteiger partial charge in [0.05, 0.1) is 42.1 Å². The number of nitrogens with one attached hydrogen (secondary N) is 2. The fraction of sp³-hybridized carbons (Fsp3) is 0.535. The molecule has 2 heterocycles. The predicted molar refractivity (Wildman–Crippen MR) is 237 cm³/mol. The molecule has 316 valence electrons. The highest BCUT2D eigenvalue weighted by atomic mass is 79.9. The van der Waals surface area contributed by atoms with Crippen LogP contribution in [0.3, 0.4) is 0 Å².